The minimum atomic E-state index is -3.84. The van der Waals surface area contributed by atoms with E-state index in [-0.39, 0.29) is 0 Å². The molecule has 0 bridgehead atoms. The van der Waals surface area contributed by atoms with Gasteiger partial charge in [-0.2, -0.15) is 0 Å². The third-order valence-electron chi connectivity index (χ3n) is 2.55. The van der Waals surface area contributed by atoms with E-state index in [0.29, 0.717) is 5.56 Å². The summed E-state index contributed by atoms with van der Waals surface area (Å²) >= 11 is 0. The van der Waals surface area contributed by atoms with E-state index in [1.807, 2.05) is 13.8 Å². The fraction of sp³-hybridized carbons (Fsp3) is 0.429. The Labute approximate surface area is 130 Å². The average molecular weight is 331 g/mol. The molecule has 0 radical (unpaired) electrons. The van der Waals surface area contributed by atoms with Gasteiger partial charge in [-0.05, 0) is 12.1 Å². The number of benzene rings is 1. The predicted molar refractivity (Wildman–Crippen MR) is 82.7 cm³/mol. The highest BCUT2D eigenvalue weighted by Crippen LogP contribution is 2.50. The highest BCUT2D eigenvalue weighted by Gasteiger charge is 2.42. The molecule has 7 nitrogen and oxygen atoms in total. The van der Waals surface area contributed by atoms with E-state index < -0.39 is 25.3 Å². The van der Waals surface area contributed by atoms with Crippen LogP contribution in [-0.2, 0) is 23.1 Å². The normalized spacial score (nSPS) is 11.7. The maximum atomic E-state index is 12.3. The molecule has 0 aliphatic carbocycles. The number of carbonyl (C=O) groups is 2. The van der Waals surface area contributed by atoms with Gasteiger partial charge in [0.2, 0.25) is 5.78 Å². The zero-order valence-electron chi connectivity index (χ0n) is 13.4. The van der Waals surface area contributed by atoms with Crippen LogP contribution in [0.3, 0.4) is 0 Å². The number of nitrogens with one attached hydrogen (secondary N) is 1. The summed E-state index contributed by atoms with van der Waals surface area (Å²) in [5.41, 5.74) is 0.306. The molecule has 0 aromatic heterocycles. The van der Waals surface area contributed by atoms with Crippen molar-refractivity contribution in [1.29, 1.82) is 0 Å². The largest absolute Gasteiger partial charge is 0.467 e. The summed E-state index contributed by atoms with van der Waals surface area (Å²) in [5.74, 6) is -3.04. The van der Waals surface area contributed by atoms with E-state index in [1.165, 1.54) is 0 Å². The van der Waals surface area contributed by atoms with Gasteiger partial charge in [0.25, 0.3) is 5.91 Å². The van der Waals surface area contributed by atoms with Gasteiger partial charge in [0.15, 0.2) is 0 Å². The Morgan fingerprint density at radius 1 is 1.05 bits per heavy atom. The lowest BCUT2D eigenvalue weighted by Gasteiger charge is -2.23. The molecular weight excluding hydrogens is 309 g/mol. The lowest BCUT2D eigenvalue weighted by atomic mass is 10.2. The Morgan fingerprint density at radius 2 is 1.55 bits per heavy atom. The number of hydrogen-bond donors (Lipinski definition) is 1. The van der Waals surface area contributed by atoms with Crippen molar-refractivity contribution in [2.45, 2.75) is 19.6 Å². The minimum Gasteiger partial charge on any atom is -0.467 e. The van der Waals surface area contributed by atoms with Crippen molar-refractivity contribution in [3.8, 4) is 0 Å². The smallest absolute Gasteiger partial charge is 0.363 e. The average Bonchev–Trinajstić information content (AvgIpc) is 2.60. The molecule has 1 N–H and O–H groups in total. The monoisotopic (exact) mass is 331 g/mol. The molecule has 0 fully saturated rings. The van der Waals surface area contributed by atoms with Crippen molar-refractivity contribution in [2.75, 3.05) is 21.3 Å². The van der Waals surface area contributed by atoms with E-state index in [2.05, 4.69) is 10.1 Å². The van der Waals surface area contributed by atoms with Gasteiger partial charge in [0, 0.05) is 19.8 Å². The molecule has 0 spiro atoms. The van der Waals surface area contributed by atoms with Gasteiger partial charge < -0.3 is 19.1 Å². The minimum absolute atomic E-state index is 0.306. The van der Waals surface area contributed by atoms with Crippen LogP contribution in [0.25, 0.3) is 0 Å². The first-order valence-corrected chi connectivity index (χ1v) is 8.24. The second-order valence-corrected chi connectivity index (χ2v) is 6.00. The number of ether oxygens (including phenoxy) is 1. The first-order valence-electron chi connectivity index (χ1n) is 6.63. The van der Waals surface area contributed by atoms with Gasteiger partial charge in [0.1, 0.15) is 0 Å². The molecule has 8 heteroatoms. The van der Waals surface area contributed by atoms with Crippen LogP contribution < -0.4 is 5.32 Å². The number of hydrogen-bond acceptors (Lipinski definition) is 6. The van der Waals surface area contributed by atoms with Crippen LogP contribution in [0.1, 0.15) is 24.2 Å². The maximum Gasteiger partial charge on any atom is 0.363 e. The molecule has 0 heterocycles. The molecule has 1 rings (SSSR count). The van der Waals surface area contributed by atoms with Crippen molar-refractivity contribution in [3.05, 3.63) is 35.9 Å². The van der Waals surface area contributed by atoms with Crippen molar-refractivity contribution in [1.82, 2.24) is 5.32 Å². The van der Waals surface area contributed by atoms with Crippen LogP contribution in [0, 0.1) is 0 Å². The van der Waals surface area contributed by atoms with Crippen LogP contribution in [0.4, 0.5) is 0 Å². The molecular formula is C14H22NO6P. The summed E-state index contributed by atoms with van der Waals surface area (Å²) in [4.78, 5) is 23.7. The van der Waals surface area contributed by atoms with Crippen LogP contribution in [0.2, 0.25) is 0 Å². The van der Waals surface area contributed by atoms with E-state index in [9.17, 15) is 14.2 Å². The Hall–Kier alpha value is -1.69. The summed E-state index contributed by atoms with van der Waals surface area (Å²) in [6.45, 7) is 4.00. The van der Waals surface area contributed by atoms with E-state index in [4.69, 9.17) is 9.05 Å². The molecule has 124 valence electrons. The highest BCUT2D eigenvalue weighted by molar-refractivity contribution is 7.55. The first-order chi connectivity index (χ1) is 10.5. The Kier molecular flexibility index (Phi) is 9.33. The Morgan fingerprint density at radius 3 is 1.95 bits per heavy atom. The van der Waals surface area contributed by atoms with Crippen molar-refractivity contribution < 1.29 is 27.9 Å². The van der Waals surface area contributed by atoms with Gasteiger partial charge in [-0.1, -0.05) is 32.0 Å². The van der Waals surface area contributed by atoms with E-state index in [1.54, 1.807) is 30.3 Å². The second-order valence-electron chi connectivity index (χ2n) is 3.67. The molecule has 0 saturated carbocycles. The number of methoxy groups -OCH3 is 1. The number of carbonyl (C=O) groups excluding carboxylic acids is 2. The lowest BCUT2D eigenvalue weighted by molar-refractivity contribution is -0.141. The standard InChI is InChI=1S/C12H16NO6P.C2H6/c1-17-12(15)11(20(16,18-2)19-3)13-10(14)9-7-5-4-6-8-9;1-2/h4-8,11H,1-3H3,(H,13,14);1-2H3. The lowest BCUT2D eigenvalue weighted by Crippen LogP contribution is -2.42. The topological polar surface area (TPSA) is 90.9 Å². The van der Waals surface area contributed by atoms with Gasteiger partial charge in [-0.15, -0.1) is 0 Å². The zero-order chi connectivity index (χ0) is 17.2. The molecule has 1 atom stereocenters. The van der Waals surface area contributed by atoms with E-state index >= 15 is 0 Å². The number of rotatable bonds is 6. The highest BCUT2D eigenvalue weighted by atomic mass is 31.2. The molecule has 1 aromatic carbocycles. The first kappa shape index (κ1) is 20.3. The summed E-state index contributed by atoms with van der Waals surface area (Å²) in [5, 5.41) is 2.30. The van der Waals surface area contributed by atoms with Gasteiger partial charge in [0.05, 0.1) is 7.11 Å². The third-order valence-corrected chi connectivity index (χ3v) is 4.54. The van der Waals surface area contributed by atoms with Crippen LogP contribution in [0.15, 0.2) is 30.3 Å². The van der Waals surface area contributed by atoms with Crippen LogP contribution in [-0.4, -0.2) is 39.0 Å². The molecule has 22 heavy (non-hydrogen) atoms. The van der Waals surface area contributed by atoms with Gasteiger partial charge in [-0.3, -0.25) is 9.36 Å². The van der Waals surface area contributed by atoms with E-state index in [0.717, 1.165) is 21.3 Å². The summed E-state index contributed by atoms with van der Waals surface area (Å²) in [7, 11) is -0.494. The van der Waals surface area contributed by atoms with Crippen molar-refractivity contribution >= 4 is 19.5 Å². The summed E-state index contributed by atoms with van der Waals surface area (Å²) in [6, 6.07) is 8.16. The molecule has 0 aliphatic heterocycles. The molecule has 1 aromatic rings. The third kappa shape index (κ3) is 5.26. The number of amides is 1. The number of esters is 1. The van der Waals surface area contributed by atoms with Crippen molar-refractivity contribution in [3.63, 3.8) is 0 Å². The summed E-state index contributed by atoms with van der Waals surface area (Å²) < 4.78 is 26.2. The van der Waals surface area contributed by atoms with Crippen LogP contribution >= 0.6 is 7.60 Å². The fourth-order valence-electron chi connectivity index (χ4n) is 1.46. The zero-order valence-corrected chi connectivity index (χ0v) is 14.3. The quantitative estimate of drug-likeness (QED) is 0.636. The molecule has 0 saturated heterocycles. The molecule has 1 amide bonds. The molecule has 1 unspecified atom stereocenters. The second kappa shape index (κ2) is 10.1. The SMILES string of the molecule is CC.COC(=O)C(NC(=O)c1ccccc1)P(=O)(OC)OC. The predicted octanol–water partition coefficient (Wildman–Crippen LogP) is 2.43. The molecule has 0 aliphatic rings. The van der Waals surface area contributed by atoms with Crippen LogP contribution in [0.5, 0.6) is 0 Å². The van der Waals surface area contributed by atoms with Gasteiger partial charge >= 0.3 is 13.6 Å². The fourth-order valence-corrected chi connectivity index (χ4v) is 2.67. The van der Waals surface area contributed by atoms with Crippen molar-refractivity contribution in [2.24, 2.45) is 0 Å². The Balaban J connectivity index is 0.00000211. The summed E-state index contributed by atoms with van der Waals surface area (Å²) in [6.07, 6.45) is 0. The van der Waals surface area contributed by atoms with Gasteiger partial charge in [-0.25, -0.2) is 4.79 Å². The Bertz CT molecular complexity index is 511. The maximum absolute atomic E-state index is 12.3.